The molecule has 0 amide bonds. The molecule has 8 aromatic carbocycles. The number of hydrogen-bond acceptors (Lipinski definition) is 1. The Morgan fingerprint density at radius 1 is 0.420 bits per heavy atom. The van der Waals surface area contributed by atoms with E-state index in [0.29, 0.717) is 0 Å². The van der Waals surface area contributed by atoms with Crippen molar-refractivity contribution in [1.82, 2.24) is 4.57 Å². The van der Waals surface area contributed by atoms with Gasteiger partial charge < -0.3 is 9.88 Å². The first-order valence-corrected chi connectivity index (χ1v) is 17.4. The monoisotopic (exact) mass is 642 g/mol. The minimum absolute atomic E-state index is 0.0112. The molecular formula is C48H38N2. The summed E-state index contributed by atoms with van der Waals surface area (Å²) in [6, 6.07) is 61.8. The van der Waals surface area contributed by atoms with Crippen LogP contribution in [0.25, 0.3) is 71.3 Å². The van der Waals surface area contributed by atoms with Crippen molar-refractivity contribution >= 4 is 54.7 Å². The van der Waals surface area contributed by atoms with Crippen LogP contribution in [0.3, 0.4) is 0 Å². The number of nitrogens with one attached hydrogen (secondary N) is 1. The number of benzene rings is 8. The van der Waals surface area contributed by atoms with E-state index in [0.717, 1.165) is 11.4 Å². The molecule has 0 aliphatic carbocycles. The summed E-state index contributed by atoms with van der Waals surface area (Å²) in [7, 11) is 0. The Labute approximate surface area is 293 Å². The average molecular weight is 643 g/mol. The van der Waals surface area contributed by atoms with Crippen molar-refractivity contribution in [3.05, 3.63) is 175 Å². The van der Waals surface area contributed by atoms with Gasteiger partial charge in [-0.15, -0.1) is 0 Å². The van der Waals surface area contributed by atoms with E-state index in [1.807, 2.05) is 0 Å². The highest BCUT2D eigenvalue weighted by molar-refractivity contribution is 6.10. The van der Waals surface area contributed by atoms with Gasteiger partial charge in [-0.3, -0.25) is 0 Å². The van der Waals surface area contributed by atoms with Gasteiger partial charge in [0.1, 0.15) is 0 Å². The number of hydrogen-bond donors (Lipinski definition) is 1. The molecular weight excluding hydrogens is 605 g/mol. The van der Waals surface area contributed by atoms with Crippen molar-refractivity contribution in [1.29, 1.82) is 0 Å². The molecule has 0 saturated carbocycles. The van der Waals surface area contributed by atoms with Gasteiger partial charge in [-0.2, -0.15) is 0 Å². The minimum atomic E-state index is 0.0112. The van der Waals surface area contributed by atoms with Crippen molar-refractivity contribution in [3.8, 4) is 27.9 Å². The van der Waals surface area contributed by atoms with Gasteiger partial charge in [0.2, 0.25) is 0 Å². The summed E-state index contributed by atoms with van der Waals surface area (Å²) in [5.41, 5.74) is 12.1. The summed E-state index contributed by atoms with van der Waals surface area (Å²) in [6.07, 6.45) is 0. The molecule has 0 spiro atoms. The first-order chi connectivity index (χ1) is 24.4. The molecule has 2 heteroatoms. The van der Waals surface area contributed by atoms with Crippen LogP contribution in [0.4, 0.5) is 11.4 Å². The molecule has 0 radical (unpaired) electrons. The molecule has 1 aromatic heterocycles. The lowest BCUT2D eigenvalue weighted by atomic mass is 9.79. The Morgan fingerprint density at radius 2 is 1.02 bits per heavy atom. The average Bonchev–Trinajstić information content (AvgIpc) is 3.48. The van der Waals surface area contributed by atoms with Crippen LogP contribution in [0.15, 0.2) is 170 Å². The highest BCUT2D eigenvalue weighted by Gasteiger charge is 2.21. The zero-order chi connectivity index (χ0) is 33.8. The third-order valence-corrected chi connectivity index (χ3v) is 10.1. The van der Waals surface area contributed by atoms with E-state index in [9.17, 15) is 0 Å². The zero-order valence-corrected chi connectivity index (χ0v) is 28.6. The molecule has 0 atom stereocenters. The molecule has 2 nitrogen and oxygen atoms in total. The normalized spacial score (nSPS) is 11.9. The number of anilines is 2. The first-order valence-electron chi connectivity index (χ1n) is 17.4. The third-order valence-electron chi connectivity index (χ3n) is 10.1. The molecule has 0 saturated heterocycles. The number of aromatic nitrogens is 1. The van der Waals surface area contributed by atoms with Gasteiger partial charge >= 0.3 is 0 Å². The van der Waals surface area contributed by atoms with Crippen molar-refractivity contribution in [2.75, 3.05) is 5.32 Å². The summed E-state index contributed by atoms with van der Waals surface area (Å²) in [5.74, 6) is 0. The van der Waals surface area contributed by atoms with Crippen LogP contribution in [0.2, 0.25) is 0 Å². The number of rotatable bonds is 5. The smallest absolute Gasteiger partial charge is 0.0541 e. The summed E-state index contributed by atoms with van der Waals surface area (Å²) in [4.78, 5) is 0. The predicted molar refractivity (Wildman–Crippen MR) is 215 cm³/mol. The van der Waals surface area contributed by atoms with E-state index in [-0.39, 0.29) is 5.41 Å². The van der Waals surface area contributed by atoms with E-state index < -0.39 is 0 Å². The van der Waals surface area contributed by atoms with E-state index in [2.05, 4.69) is 201 Å². The van der Waals surface area contributed by atoms with Crippen LogP contribution in [0, 0.1) is 0 Å². The molecule has 50 heavy (non-hydrogen) atoms. The van der Waals surface area contributed by atoms with Crippen LogP contribution in [0.1, 0.15) is 26.3 Å². The number of nitrogens with zero attached hydrogens (tertiary/aromatic N) is 1. The van der Waals surface area contributed by atoms with Crippen LogP contribution < -0.4 is 5.32 Å². The van der Waals surface area contributed by atoms with Crippen molar-refractivity contribution in [2.24, 2.45) is 0 Å². The van der Waals surface area contributed by atoms with Gasteiger partial charge in [0.15, 0.2) is 0 Å². The molecule has 240 valence electrons. The second-order valence-electron chi connectivity index (χ2n) is 14.4. The maximum absolute atomic E-state index is 3.64. The van der Waals surface area contributed by atoms with Gasteiger partial charge in [0, 0.05) is 27.8 Å². The SMILES string of the molecule is CC(C)(C)c1ccc2cc3ccccc3cc2c1-c1ccc(Nc2ccc(-c3ccc4c(c3)c3ccccc3n4-c3ccccc3)cc2)cc1. The van der Waals surface area contributed by atoms with Crippen LogP contribution in [0.5, 0.6) is 0 Å². The van der Waals surface area contributed by atoms with Crippen molar-refractivity contribution in [2.45, 2.75) is 26.2 Å². The van der Waals surface area contributed by atoms with Gasteiger partial charge in [0.05, 0.1) is 11.0 Å². The van der Waals surface area contributed by atoms with Gasteiger partial charge in [-0.1, -0.05) is 124 Å². The van der Waals surface area contributed by atoms with Gasteiger partial charge in [0.25, 0.3) is 0 Å². The Morgan fingerprint density at radius 3 is 1.74 bits per heavy atom. The van der Waals surface area contributed by atoms with Crippen LogP contribution in [-0.2, 0) is 5.41 Å². The lowest BCUT2D eigenvalue weighted by molar-refractivity contribution is 0.593. The Balaban J connectivity index is 1.02. The Kier molecular flexibility index (Phi) is 7.07. The topological polar surface area (TPSA) is 17.0 Å². The number of para-hydroxylation sites is 2. The Bertz CT molecular complexity index is 2670. The maximum atomic E-state index is 3.64. The summed E-state index contributed by atoms with van der Waals surface area (Å²) in [5, 5.41) is 11.3. The third kappa shape index (κ3) is 5.21. The standard InChI is InChI=1S/C48H38N2/c1-48(2,3)44-27-21-37-29-34-11-7-8-12-35(34)30-42(37)47(44)33-19-25-39(26-20-33)49-38-23-17-32(18-24-38)36-22-28-46-43(31-36)41-15-9-10-16-45(41)50(46)40-13-5-4-6-14-40/h4-31,49H,1-3H3. The fraction of sp³-hybridized carbons (Fsp3) is 0.0833. The largest absolute Gasteiger partial charge is 0.356 e. The fourth-order valence-electron chi connectivity index (χ4n) is 7.59. The predicted octanol–water partition coefficient (Wildman–Crippen LogP) is 13.5. The Hall–Kier alpha value is -6.12. The highest BCUT2D eigenvalue weighted by Crippen LogP contribution is 2.41. The highest BCUT2D eigenvalue weighted by atomic mass is 15.0. The quantitative estimate of drug-likeness (QED) is 0.185. The first kappa shape index (κ1) is 30.0. The molecule has 0 unspecified atom stereocenters. The molecule has 0 aliphatic heterocycles. The summed E-state index contributed by atoms with van der Waals surface area (Å²) < 4.78 is 2.36. The maximum Gasteiger partial charge on any atom is 0.0541 e. The zero-order valence-electron chi connectivity index (χ0n) is 28.6. The fourth-order valence-corrected chi connectivity index (χ4v) is 7.59. The van der Waals surface area contributed by atoms with E-state index >= 15 is 0 Å². The van der Waals surface area contributed by atoms with Crippen LogP contribution in [-0.4, -0.2) is 4.57 Å². The molecule has 0 bridgehead atoms. The van der Waals surface area contributed by atoms with E-state index in [1.165, 1.54) is 76.9 Å². The summed E-state index contributed by atoms with van der Waals surface area (Å²) in [6.45, 7) is 6.91. The second-order valence-corrected chi connectivity index (χ2v) is 14.4. The molecule has 1 N–H and O–H groups in total. The lowest BCUT2D eigenvalue weighted by Crippen LogP contribution is -2.13. The molecule has 1 heterocycles. The van der Waals surface area contributed by atoms with E-state index in [1.54, 1.807) is 0 Å². The van der Waals surface area contributed by atoms with Gasteiger partial charge in [-0.05, 0) is 122 Å². The summed E-state index contributed by atoms with van der Waals surface area (Å²) >= 11 is 0. The second kappa shape index (κ2) is 11.8. The molecule has 0 aliphatic rings. The molecule has 9 aromatic rings. The molecule has 9 rings (SSSR count). The van der Waals surface area contributed by atoms with E-state index in [4.69, 9.17) is 0 Å². The minimum Gasteiger partial charge on any atom is -0.356 e. The lowest BCUT2D eigenvalue weighted by Gasteiger charge is -2.25. The van der Waals surface area contributed by atoms with Crippen molar-refractivity contribution < 1.29 is 0 Å². The van der Waals surface area contributed by atoms with Crippen LogP contribution >= 0.6 is 0 Å². The number of fused-ring (bicyclic) bond motifs is 5. The van der Waals surface area contributed by atoms with Crippen molar-refractivity contribution in [3.63, 3.8) is 0 Å². The van der Waals surface area contributed by atoms with Gasteiger partial charge in [-0.25, -0.2) is 0 Å². The molecule has 0 fully saturated rings.